The highest BCUT2D eigenvalue weighted by Crippen LogP contribution is 2.28. The zero-order chi connectivity index (χ0) is 19.1. The van der Waals surface area contributed by atoms with E-state index in [2.05, 4.69) is 0 Å². The molecule has 2 nitrogen and oxygen atoms in total. The zero-order valence-electron chi connectivity index (χ0n) is 15.1. The molecule has 0 aliphatic heterocycles. The minimum Gasteiger partial charge on any atom is -0.289 e. The maximum Gasteiger partial charge on any atom is 0.193 e. The van der Waals surface area contributed by atoms with Crippen molar-refractivity contribution in [2.45, 2.75) is 0 Å². The Labute approximate surface area is 163 Å². The number of carbonyl (C=O) groups is 2. The molecule has 5 rings (SSSR count). The first-order chi connectivity index (χ1) is 13.7. The monoisotopic (exact) mass is 360 g/mol. The van der Waals surface area contributed by atoms with Gasteiger partial charge in [0.2, 0.25) is 0 Å². The summed E-state index contributed by atoms with van der Waals surface area (Å²) in [7, 11) is 0. The lowest BCUT2D eigenvalue weighted by atomic mass is 9.92. The van der Waals surface area contributed by atoms with Crippen molar-refractivity contribution < 1.29 is 9.59 Å². The molecule has 132 valence electrons. The summed E-state index contributed by atoms with van der Waals surface area (Å²) in [5, 5.41) is 0. The molecule has 0 spiro atoms. The first kappa shape index (κ1) is 16.4. The number of fused-ring (bicyclic) bond motifs is 10. The van der Waals surface area contributed by atoms with Crippen molar-refractivity contribution in [3.05, 3.63) is 119 Å². The molecule has 28 heavy (non-hydrogen) atoms. The molecular weight excluding hydrogens is 344 g/mol. The van der Waals surface area contributed by atoms with Crippen LogP contribution in [0.4, 0.5) is 0 Å². The second-order valence-electron chi connectivity index (χ2n) is 6.98. The van der Waals surface area contributed by atoms with Crippen LogP contribution in [0.15, 0.2) is 97.1 Å². The Kier molecular flexibility index (Phi) is 3.77. The fourth-order valence-electron chi connectivity index (χ4n) is 3.69. The first-order valence-electron chi connectivity index (χ1n) is 9.19. The highest BCUT2D eigenvalue weighted by atomic mass is 16.1. The topological polar surface area (TPSA) is 34.1 Å². The summed E-state index contributed by atoms with van der Waals surface area (Å²) in [5.74, 6) is -0.0201. The van der Waals surface area contributed by atoms with Crippen LogP contribution >= 0.6 is 0 Å². The van der Waals surface area contributed by atoms with Crippen molar-refractivity contribution in [3.8, 4) is 22.3 Å². The summed E-state index contributed by atoms with van der Waals surface area (Å²) in [6.07, 6.45) is 0. The summed E-state index contributed by atoms with van der Waals surface area (Å²) in [5.41, 5.74) is 6.22. The van der Waals surface area contributed by atoms with Crippen LogP contribution < -0.4 is 0 Å². The summed E-state index contributed by atoms with van der Waals surface area (Å²) in [4.78, 5) is 26.2. The number of rotatable bonds is 0. The van der Waals surface area contributed by atoms with E-state index in [9.17, 15) is 9.59 Å². The van der Waals surface area contributed by atoms with Gasteiger partial charge in [0.15, 0.2) is 11.6 Å². The van der Waals surface area contributed by atoms with Crippen LogP contribution in [0.5, 0.6) is 0 Å². The molecule has 0 aromatic heterocycles. The van der Waals surface area contributed by atoms with Crippen molar-refractivity contribution in [1.29, 1.82) is 0 Å². The first-order valence-corrected chi connectivity index (χ1v) is 9.19. The average molecular weight is 360 g/mol. The molecule has 0 N–H and O–H groups in total. The highest BCUT2D eigenvalue weighted by Gasteiger charge is 2.15. The van der Waals surface area contributed by atoms with Crippen molar-refractivity contribution in [2.24, 2.45) is 0 Å². The third kappa shape index (κ3) is 2.76. The van der Waals surface area contributed by atoms with Gasteiger partial charge in [-0.2, -0.15) is 0 Å². The maximum atomic E-state index is 13.1. The second-order valence-corrected chi connectivity index (χ2v) is 6.98. The summed E-state index contributed by atoms with van der Waals surface area (Å²) < 4.78 is 0. The quantitative estimate of drug-likeness (QED) is 0.350. The van der Waals surface area contributed by atoms with Crippen LogP contribution in [0.3, 0.4) is 0 Å². The van der Waals surface area contributed by atoms with E-state index in [1.807, 2.05) is 97.1 Å². The van der Waals surface area contributed by atoms with E-state index in [1.165, 1.54) is 0 Å². The fourth-order valence-corrected chi connectivity index (χ4v) is 3.69. The van der Waals surface area contributed by atoms with Crippen LogP contribution in [-0.4, -0.2) is 11.6 Å². The molecule has 0 radical (unpaired) electrons. The van der Waals surface area contributed by atoms with Gasteiger partial charge < -0.3 is 0 Å². The molecule has 0 saturated heterocycles. The predicted molar refractivity (Wildman–Crippen MR) is 111 cm³/mol. The van der Waals surface area contributed by atoms with E-state index in [-0.39, 0.29) is 11.6 Å². The molecule has 4 aromatic rings. The molecule has 0 amide bonds. The predicted octanol–water partition coefficient (Wildman–Crippen LogP) is 5.80. The fraction of sp³-hybridized carbons (Fsp3) is 0. The molecular formula is C26H16O2. The molecule has 1 aliphatic rings. The van der Waals surface area contributed by atoms with Gasteiger partial charge in [-0.25, -0.2) is 0 Å². The van der Waals surface area contributed by atoms with Gasteiger partial charge in [0.05, 0.1) is 0 Å². The highest BCUT2D eigenvalue weighted by molar-refractivity contribution is 6.11. The molecule has 0 atom stereocenters. The van der Waals surface area contributed by atoms with Gasteiger partial charge in [-0.05, 0) is 46.5 Å². The minimum atomic E-state index is -0.0101. The lowest BCUT2D eigenvalue weighted by Gasteiger charge is -2.11. The SMILES string of the molecule is O=C1c2cccc(c2)-c2cccc(c2)C(=O)c2cccc(c2)-c2cccc1c2. The number of benzene rings is 4. The lowest BCUT2D eigenvalue weighted by Crippen LogP contribution is -2.04. The van der Waals surface area contributed by atoms with Crippen molar-refractivity contribution in [1.82, 2.24) is 0 Å². The van der Waals surface area contributed by atoms with E-state index >= 15 is 0 Å². The van der Waals surface area contributed by atoms with Crippen LogP contribution in [0.2, 0.25) is 0 Å². The van der Waals surface area contributed by atoms with E-state index in [0.29, 0.717) is 22.3 Å². The molecule has 1 aliphatic carbocycles. The number of hydrogen-bond donors (Lipinski definition) is 0. The molecule has 0 fully saturated rings. The van der Waals surface area contributed by atoms with Gasteiger partial charge in [-0.3, -0.25) is 9.59 Å². The van der Waals surface area contributed by atoms with Gasteiger partial charge in [-0.1, -0.05) is 72.8 Å². The number of hydrogen-bond acceptors (Lipinski definition) is 2. The largest absolute Gasteiger partial charge is 0.289 e. The number of ketones is 2. The van der Waals surface area contributed by atoms with Crippen LogP contribution in [-0.2, 0) is 0 Å². The van der Waals surface area contributed by atoms with E-state index in [4.69, 9.17) is 0 Å². The van der Waals surface area contributed by atoms with Crippen molar-refractivity contribution in [2.75, 3.05) is 0 Å². The average Bonchev–Trinajstić information content (AvgIpc) is 2.78. The molecule has 0 heterocycles. The van der Waals surface area contributed by atoms with Crippen LogP contribution in [0, 0.1) is 0 Å². The Morgan fingerprint density at radius 3 is 0.786 bits per heavy atom. The normalized spacial score (nSPS) is 12.4. The third-order valence-electron chi connectivity index (χ3n) is 5.17. The van der Waals surface area contributed by atoms with Crippen molar-refractivity contribution >= 4 is 11.6 Å². The molecule has 8 bridgehead atoms. The zero-order valence-corrected chi connectivity index (χ0v) is 15.1. The van der Waals surface area contributed by atoms with Gasteiger partial charge in [0.1, 0.15) is 0 Å². The molecule has 0 saturated carbocycles. The molecule has 4 aromatic carbocycles. The Morgan fingerprint density at radius 1 is 0.321 bits per heavy atom. The Balaban J connectivity index is 1.81. The smallest absolute Gasteiger partial charge is 0.193 e. The standard InChI is InChI=1S/C26H16O2/c27-25-21-9-1-5-17(13-21)18-6-2-11-23(14-18)26(28)24-12-4-8-20(16-24)19-7-3-10-22(25)15-19/h1-16H. The second kappa shape index (κ2) is 6.43. The Bertz CT molecular complexity index is 1060. The van der Waals surface area contributed by atoms with Gasteiger partial charge >= 0.3 is 0 Å². The van der Waals surface area contributed by atoms with Crippen LogP contribution in [0.1, 0.15) is 31.8 Å². The summed E-state index contributed by atoms with van der Waals surface area (Å²) in [6.45, 7) is 0. The summed E-state index contributed by atoms with van der Waals surface area (Å²) in [6, 6.07) is 30.3. The van der Waals surface area contributed by atoms with E-state index in [0.717, 1.165) is 22.3 Å². The summed E-state index contributed by atoms with van der Waals surface area (Å²) >= 11 is 0. The molecule has 0 unspecified atom stereocenters. The van der Waals surface area contributed by atoms with E-state index in [1.54, 1.807) is 0 Å². The molecule has 2 heteroatoms. The van der Waals surface area contributed by atoms with Crippen LogP contribution in [0.25, 0.3) is 22.3 Å². The Morgan fingerprint density at radius 2 is 0.536 bits per heavy atom. The Hall–Kier alpha value is -3.78. The van der Waals surface area contributed by atoms with Gasteiger partial charge in [-0.15, -0.1) is 0 Å². The third-order valence-corrected chi connectivity index (χ3v) is 5.17. The minimum absolute atomic E-state index is 0.0101. The van der Waals surface area contributed by atoms with Crippen molar-refractivity contribution in [3.63, 3.8) is 0 Å². The van der Waals surface area contributed by atoms with Gasteiger partial charge in [0, 0.05) is 22.3 Å². The van der Waals surface area contributed by atoms with E-state index < -0.39 is 0 Å². The lowest BCUT2D eigenvalue weighted by molar-refractivity contribution is 0.103. The maximum absolute atomic E-state index is 13.1. The number of carbonyl (C=O) groups excluding carboxylic acids is 2. The van der Waals surface area contributed by atoms with Gasteiger partial charge in [0.25, 0.3) is 0 Å².